The predicted molar refractivity (Wildman–Crippen MR) is 51.2 cm³/mol. The molecule has 0 fully saturated rings. The van der Waals surface area contributed by atoms with Crippen LogP contribution in [0.1, 0.15) is 13.8 Å². The highest BCUT2D eigenvalue weighted by Crippen LogP contribution is 2.03. The molecule has 0 spiro atoms. The van der Waals surface area contributed by atoms with Crippen molar-refractivity contribution >= 4 is 5.71 Å². The molecule has 1 aliphatic rings. The third-order valence-corrected chi connectivity index (χ3v) is 1.62. The van der Waals surface area contributed by atoms with Gasteiger partial charge in [-0.25, -0.2) is 0 Å². The fourth-order valence-electron chi connectivity index (χ4n) is 0.938. The van der Waals surface area contributed by atoms with Crippen molar-refractivity contribution in [1.82, 2.24) is 0 Å². The first kappa shape index (κ1) is 8.94. The third kappa shape index (κ3) is 2.47. The Morgan fingerprint density at radius 3 is 2.58 bits per heavy atom. The minimum atomic E-state index is 0.546. The summed E-state index contributed by atoms with van der Waals surface area (Å²) in [6.07, 6.45) is 9.61. The summed E-state index contributed by atoms with van der Waals surface area (Å²) in [5.74, 6) is 0. The van der Waals surface area contributed by atoms with Crippen molar-refractivity contribution in [3.8, 4) is 0 Å². The van der Waals surface area contributed by atoms with Crippen LogP contribution < -0.4 is 5.32 Å². The number of quaternary nitrogens is 1. The minimum Gasteiger partial charge on any atom is -0.317 e. The molecule has 0 bridgehead atoms. The van der Waals surface area contributed by atoms with Gasteiger partial charge < -0.3 is 10.7 Å². The van der Waals surface area contributed by atoms with E-state index < -0.39 is 0 Å². The lowest BCUT2D eigenvalue weighted by Crippen LogP contribution is -2.83. The maximum atomic E-state index is 7.56. The van der Waals surface area contributed by atoms with E-state index in [4.69, 9.17) is 5.41 Å². The molecular formula is C10H15N2+. The Morgan fingerprint density at radius 2 is 2.00 bits per heavy atom. The molecule has 12 heavy (non-hydrogen) atoms. The Hall–Kier alpha value is -1.15. The lowest BCUT2D eigenvalue weighted by molar-refractivity contribution is -0.619. The van der Waals surface area contributed by atoms with E-state index in [9.17, 15) is 0 Å². The van der Waals surface area contributed by atoms with Crippen LogP contribution in [0.25, 0.3) is 0 Å². The molecular weight excluding hydrogens is 148 g/mol. The van der Waals surface area contributed by atoms with Gasteiger partial charge in [-0.1, -0.05) is 12.2 Å². The number of hydrogen-bond donors (Lipinski definition) is 2. The highest BCUT2D eigenvalue weighted by molar-refractivity contribution is 6.09. The first-order chi connectivity index (χ1) is 5.70. The minimum absolute atomic E-state index is 0.546. The van der Waals surface area contributed by atoms with Gasteiger partial charge in [-0.2, -0.15) is 0 Å². The molecule has 0 radical (unpaired) electrons. The third-order valence-electron chi connectivity index (χ3n) is 1.62. The Bertz CT molecular complexity index is 257. The zero-order valence-corrected chi connectivity index (χ0v) is 7.54. The number of nitrogens with two attached hydrogens (primary N) is 1. The maximum absolute atomic E-state index is 7.56. The highest BCUT2D eigenvalue weighted by Gasteiger charge is 2.03. The fraction of sp³-hybridized carbons (Fsp3) is 0.300. The first-order valence-electron chi connectivity index (χ1n) is 4.19. The Balaban J connectivity index is 2.63. The Kier molecular flexibility index (Phi) is 3.00. The van der Waals surface area contributed by atoms with Crippen molar-refractivity contribution in [2.45, 2.75) is 19.9 Å². The van der Waals surface area contributed by atoms with Crippen molar-refractivity contribution in [1.29, 1.82) is 5.41 Å². The first-order valence-corrected chi connectivity index (χ1v) is 4.19. The van der Waals surface area contributed by atoms with Crippen molar-refractivity contribution in [3.05, 3.63) is 36.1 Å². The van der Waals surface area contributed by atoms with Gasteiger partial charge in [-0.05, 0) is 26.0 Å². The van der Waals surface area contributed by atoms with Crippen LogP contribution in [0.4, 0.5) is 0 Å². The van der Waals surface area contributed by atoms with Crippen LogP contribution in [0.15, 0.2) is 36.1 Å². The van der Waals surface area contributed by atoms with Crippen LogP contribution in [0.3, 0.4) is 0 Å². The molecule has 3 N–H and O–H groups in total. The molecule has 0 heterocycles. The van der Waals surface area contributed by atoms with Crippen molar-refractivity contribution in [2.24, 2.45) is 0 Å². The van der Waals surface area contributed by atoms with E-state index in [0.29, 0.717) is 11.8 Å². The molecule has 1 rings (SSSR count). The van der Waals surface area contributed by atoms with Gasteiger partial charge in [0.15, 0.2) is 0 Å². The summed E-state index contributed by atoms with van der Waals surface area (Å²) in [5.41, 5.74) is 1.58. The zero-order valence-electron chi connectivity index (χ0n) is 7.54. The topological polar surface area (TPSA) is 40.5 Å². The van der Waals surface area contributed by atoms with Crippen LogP contribution in [-0.2, 0) is 0 Å². The Labute approximate surface area is 73.2 Å². The van der Waals surface area contributed by atoms with Gasteiger partial charge in [0.1, 0.15) is 6.20 Å². The molecule has 0 aromatic heterocycles. The van der Waals surface area contributed by atoms with Gasteiger partial charge in [0.25, 0.3) is 0 Å². The zero-order chi connectivity index (χ0) is 8.97. The summed E-state index contributed by atoms with van der Waals surface area (Å²) >= 11 is 0. The van der Waals surface area contributed by atoms with E-state index in [1.54, 1.807) is 6.08 Å². The van der Waals surface area contributed by atoms with Gasteiger partial charge in [0.2, 0.25) is 0 Å². The number of hydrogen-bond acceptors (Lipinski definition) is 1. The van der Waals surface area contributed by atoms with Crippen LogP contribution in [0, 0.1) is 5.41 Å². The quantitative estimate of drug-likeness (QED) is 0.609. The Morgan fingerprint density at radius 1 is 1.33 bits per heavy atom. The molecule has 0 amide bonds. The molecule has 0 saturated carbocycles. The normalized spacial score (nSPS) is 19.6. The molecule has 1 aliphatic carbocycles. The predicted octanol–water partition coefficient (Wildman–Crippen LogP) is 0.988. The molecule has 0 saturated heterocycles. The van der Waals surface area contributed by atoms with Crippen molar-refractivity contribution < 1.29 is 5.32 Å². The van der Waals surface area contributed by atoms with Crippen LogP contribution in [0.2, 0.25) is 0 Å². The van der Waals surface area contributed by atoms with Gasteiger partial charge >= 0.3 is 0 Å². The monoisotopic (exact) mass is 163 g/mol. The van der Waals surface area contributed by atoms with E-state index in [1.807, 2.05) is 24.4 Å². The summed E-state index contributed by atoms with van der Waals surface area (Å²) in [6, 6.07) is 0.546. The molecule has 0 aliphatic heterocycles. The second-order valence-electron chi connectivity index (χ2n) is 3.19. The second-order valence-corrected chi connectivity index (χ2v) is 3.19. The summed E-state index contributed by atoms with van der Waals surface area (Å²) in [5, 5.41) is 9.67. The highest BCUT2D eigenvalue weighted by atomic mass is 14.9. The number of allylic oxidation sites excluding steroid dienone is 5. The van der Waals surface area contributed by atoms with Gasteiger partial charge in [-0.3, -0.25) is 0 Å². The molecule has 0 aromatic rings. The van der Waals surface area contributed by atoms with Crippen molar-refractivity contribution in [3.63, 3.8) is 0 Å². The van der Waals surface area contributed by atoms with Crippen molar-refractivity contribution in [2.75, 3.05) is 0 Å². The maximum Gasteiger partial charge on any atom is 0.102 e. The molecule has 64 valence electrons. The van der Waals surface area contributed by atoms with Gasteiger partial charge in [0, 0.05) is 0 Å². The summed E-state index contributed by atoms with van der Waals surface area (Å²) in [7, 11) is 0. The largest absolute Gasteiger partial charge is 0.317 e. The average Bonchev–Trinajstić information content (AvgIpc) is 2.03. The summed E-state index contributed by atoms with van der Waals surface area (Å²) < 4.78 is 0. The van der Waals surface area contributed by atoms with E-state index in [2.05, 4.69) is 19.2 Å². The summed E-state index contributed by atoms with van der Waals surface area (Å²) in [4.78, 5) is 0. The van der Waals surface area contributed by atoms with Gasteiger partial charge in [0.05, 0.1) is 17.3 Å². The molecule has 2 nitrogen and oxygen atoms in total. The molecule has 2 heteroatoms. The number of nitrogens with one attached hydrogen (secondary N) is 1. The van der Waals surface area contributed by atoms with Crippen LogP contribution in [0.5, 0.6) is 0 Å². The average molecular weight is 163 g/mol. The van der Waals surface area contributed by atoms with E-state index in [1.165, 1.54) is 0 Å². The second kappa shape index (κ2) is 4.02. The van der Waals surface area contributed by atoms with E-state index >= 15 is 0 Å². The smallest absolute Gasteiger partial charge is 0.102 e. The molecule has 0 atom stereocenters. The summed E-state index contributed by atoms with van der Waals surface area (Å²) in [6.45, 7) is 4.26. The lowest BCUT2D eigenvalue weighted by Gasteiger charge is -2.03. The fourth-order valence-corrected chi connectivity index (χ4v) is 0.938. The molecule has 0 unspecified atom stereocenters. The van der Waals surface area contributed by atoms with Crippen LogP contribution >= 0.6 is 0 Å². The van der Waals surface area contributed by atoms with E-state index in [-0.39, 0.29) is 0 Å². The van der Waals surface area contributed by atoms with E-state index in [0.717, 1.165) is 5.57 Å². The van der Waals surface area contributed by atoms with Crippen LogP contribution in [-0.4, -0.2) is 11.8 Å². The molecule has 0 aromatic carbocycles. The standard InChI is InChI=1S/C10H14N2/c1-8(2)12-7-9-5-3-4-6-10(9)11/h3-8,11-12H,1-2H3/p+1/b9-7-,11-10?. The van der Waals surface area contributed by atoms with Gasteiger partial charge in [-0.15, -0.1) is 0 Å². The SMILES string of the molecule is CC(C)[NH2+]/C=C1/C=CC=CC1=N. The number of rotatable bonds is 2. The lowest BCUT2D eigenvalue weighted by atomic mass is 10.1.